The van der Waals surface area contributed by atoms with Crippen LogP contribution in [-0.4, -0.2) is 48.5 Å². The number of nitro groups is 1. The number of nitrogens with one attached hydrogen (secondary N) is 1. The van der Waals surface area contributed by atoms with Gasteiger partial charge in [-0.05, 0) is 24.3 Å². The maximum absolute atomic E-state index is 13.8. The van der Waals surface area contributed by atoms with Crippen LogP contribution in [0.2, 0.25) is 0 Å². The van der Waals surface area contributed by atoms with Crippen molar-refractivity contribution in [2.75, 3.05) is 42.9 Å². The van der Waals surface area contributed by atoms with E-state index in [1.54, 1.807) is 11.0 Å². The Morgan fingerprint density at radius 3 is 2.37 bits per heavy atom. The lowest BCUT2D eigenvalue weighted by atomic mass is 10.2. The summed E-state index contributed by atoms with van der Waals surface area (Å²) in [6.07, 6.45) is 0. The second-order valence-corrected chi connectivity index (χ2v) is 6.16. The van der Waals surface area contributed by atoms with Crippen LogP contribution < -0.4 is 10.2 Å². The van der Waals surface area contributed by atoms with Crippen LogP contribution in [0.1, 0.15) is 0 Å². The number of nitrogens with zero attached hydrogens (tertiary/aromatic N) is 3. The zero-order chi connectivity index (χ0) is 19.4. The van der Waals surface area contributed by atoms with Gasteiger partial charge in [0.15, 0.2) is 0 Å². The summed E-state index contributed by atoms with van der Waals surface area (Å²) in [4.78, 5) is 26.1. The monoisotopic (exact) mass is 376 g/mol. The van der Waals surface area contributed by atoms with Crippen molar-refractivity contribution in [1.82, 2.24) is 4.90 Å². The van der Waals surface area contributed by atoms with Gasteiger partial charge >= 0.3 is 5.69 Å². The molecule has 7 nitrogen and oxygen atoms in total. The Morgan fingerprint density at radius 1 is 1.04 bits per heavy atom. The fourth-order valence-electron chi connectivity index (χ4n) is 3.04. The highest BCUT2D eigenvalue weighted by atomic mass is 19.1. The number of para-hydroxylation sites is 2. The van der Waals surface area contributed by atoms with Crippen molar-refractivity contribution >= 4 is 23.0 Å². The van der Waals surface area contributed by atoms with E-state index in [9.17, 15) is 23.7 Å². The Kier molecular flexibility index (Phi) is 5.60. The molecule has 0 spiro atoms. The standard InChI is InChI=1S/C18H18F2N4O3/c19-13-4-1-2-6-15(13)21-17(25)12-22-8-10-23(11-9-22)16-7-3-5-14(20)18(16)24(26)27/h1-7H,8-12H2,(H,21,25). The molecule has 1 aliphatic rings. The Hall–Kier alpha value is -3.07. The molecule has 3 rings (SSSR count). The van der Waals surface area contributed by atoms with Gasteiger partial charge in [0.1, 0.15) is 11.5 Å². The number of benzene rings is 2. The van der Waals surface area contributed by atoms with Crippen LogP contribution in [0.4, 0.5) is 25.8 Å². The van der Waals surface area contributed by atoms with E-state index in [1.807, 2.05) is 4.90 Å². The molecular formula is C18H18F2N4O3. The van der Waals surface area contributed by atoms with E-state index in [1.165, 1.54) is 30.3 Å². The zero-order valence-electron chi connectivity index (χ0n) is 14.4. The smallest absolute Gasteiger partial charge is 0.327 e. The van der Waals surface area contributed by atoms with Gasteiger partial charge in [-0.15, -0.1) is 0 Å². The molecule has 0 saturated carbocycles. The van der Waals surface area contributed by atoms with Gasteiger partial charge < -0.3 is 10.2 Å². The lowest BCUT2D eigenvalue weighted by Crippen LogP contribution is -2.48. The average molecular weight is 376 g/mol. The minimum absolute atomic E-state index is 0.0768. The Bertz CT molecular complexity index is 854. The van der Waals surface area contributed by atoms with Gasteiger partial charge in [-0.1, -0.05) is 18.2 Å². The zero-order valence-corrected chi connectivity index (χ0v) is 14.4. The van der Waals surface area contributed by atoms with Crippen molar-refractivity contribution in [2.45, 2.75) is 0 Å². The minimum Gasteiger partial charge on any atom is -0.363 e. The molecule has 1 heterocycles. The van der Waals surface area contributed by atoms with Crippen molar-refractivity contribution < 1.29 is 18.5 Å². The first-order valence-corrected chi connectivity index (χ1v) is 8.40. The second kappa shape index (κ2) is 8.09. The normalized spacial score (nSPS) is 14.8. The van der Waals surface area contributed by atoms with Crippen LogP contribution >= 0.6 is 0 Å². The first-order chi connectivity index (χ1) is 13.0. The molecule has 2 aromatic rings. The summed E-state index contributed by atoms with van der Waals surface area (Å²) in [6, 6.07) is 9.92. The molecule has 27 heavy (non-hydrogen) atoms. The Morgan fingerprint density at radius 2 is 1.70 bits per heavy atom. The van der Waals surface area contributed by atoms with Crippen molar-refractivity contribution in [3.05, 3.63) is 64.2 Å². The van der Waals surface area contributed by atoms with E-state index in [0.717, 1.165) is 6.07 Å². The Balaban J connectivity index is 1.58. The topological polar surface area (TPSA) is 78.7 Å². The molecule has 1 saturated heterocycles. The molecule has 1 fully saturated rings. The second-order valence-electron chi connectivity index (χ2n) is 6.16. The van der Waals surface area contributed by atoms with Gasteiger partial charge in [-0.2, -0.15) is 4.39 Å². The maximum Gasteiger partial charge on any atom is 0.327 e. The van der Waals surface area contributed by atoms with Crippen molar-refractivity contribution in [3.63, 3.8) is 0 Å². The van der Waals surface area contributed by atoms with E-state index in [4.69, 9.17) is 0 Å². The van der Waals surface area contributed by atoms with E-state index < -0.39 is 22.2 Å². The number of carbonyl (C=O) groups excluding carboxylic acids is 1. The predicted octanol–water partition coefficient (Wildman–Crippen LogP) is 2.63. The molecule has 142 valence electrons. The molecule has 0 aromatic heterocycles. The third-order valence-electron chi connectivity index (χ3n) is 4.38. The van der Waals surface area contributed by atoms with Gasteiger partial charge in [-0.3, -0.25) is 19.8 Å². The lowest BCUT2D eigenvalue weighted by molar-refractivity contribution is -0.386. The van der Waals surface area contributed by atoms with Gasteiger partial charge in [0.2, 0.25) is 11.7 Å². The highest BCUT2D eigenvalue weighted by Crippen LogP contribution is 2.31. The summed E-state index contributed by atoms with van der Waals surface area (Å²) in [5.74, 6) is -1.72. The first-order valence-electron chi connectivity index (χ1n) is 8.40. The highest BCUT2D eigenvalue weighted by molar-refractivity contribution is 5.92. The fraction of sp³-hybridized carbons (Fsp3) is 0.278. The highest BCUT2D eigenvalue weighted by Gasteiger charge is 2.27. The van der Waals surface area contributed by atoms with Gasteiger partial charge in [0.25, 0.3) is 0 Å². The van der Waals surface area contributed by atoms with Crippen LogP contribution in [0, 0.1) is 21.7 Å². The number of amides is 1. The number of hydrogen-bond donors (Lipinski definition) is 1. The summed E-state index contributed by atoms with van der Waals surface area (Å²) < 4.78 is 27.4. The molecule has 1 amide bonds. The van der Waals surface area contributed by atoms with Gasteiger partial charge in [-0.25, -0.2) is 4.39 Å². The van der Waals surface area contributed by atoms with Crippen LogP contribution in [0.5, 0.6) is 0 Å². The summed E-state index contributed by atoms with van der Waals surface area (Å²) >= 11 is 0. The third kappa shape index (κ3) is 4.37. The molecule has 0 bridgehead atoms. The fourth-order valence-corrected chi connectivity index (χ4v) is 3.04. The average Bonchev–Trinajstić information content (AvgIpc) is 2.64. The van der Waals surface area contributed by atoms with Crippen LogP contribution in [0.3, 0.4) is 0 Å². The molecule has 1 N–H and O–H groups in total. The van der Waals surface area contributed by atoms with Crippen molar-refractivity contribution in [2.24, 2.45) is 0 Å². The van der Waals surface area contributed by atoms with Crippen molar-refractivity contribution in [3.8, 4) is 0 Å². The molecular weight excluding hydrogens is 358 g/mol. The number of rotatable bonds is 5. The van der Waals surface area contributed by atoms with Crippen LogP contribution in [-0.2, 0) is 4.79 Å². The first kappa shape index (κ1) is 18.7. The summed E-state index contributed by atoms with van der Waals surface area (Å²) in [5.41, 5.74) is -0.185. The number of hydrogen-bond acceptors (Lipinski definition) is 5. The molecule has 2 aromatic carbocycles. The number of piperazine rings is 1. The van der Waals surface area contributed by atoms with Gasteiger partial charge in [0, 0.05) is 26.2 Å². The number of anilines is 2. The van der Waals surface area contributed by atoms with E-state index in [-0.39, 0.29) is 23.8 Å². The molecule has 1 aliphatic heterocycles. The van der Waals surface area contributed by atoms with Crippen molar-refractivity contribution in [1.29, 1.82) is 0 Å². The SMILES string of the molecule is O=C(CN1CCN(c2cccc(F)c2[N+](=O)[O-])CC1)Nc1ccccc1F. The van der Waals surface area contributed by atoms with Crippen LogP contribution in [0.25, 0.3) is 0 Å². The van der Waals surface area contributed by atoms with E-state index in [0.29, 0.717) is 26.2 Å². The summed E-state index contributed by atoms with van der Waals surface area (Å²) in [6.45, 7) is 1.85. The molecule has 0 atom stereocenters. The predicted molar refractivity (Wildman–Crippen MR) is 96.7 cm³/mol. The molecule has 0 radical (unpaired) electrons. The molecule has 9 heteroatoms. The quantitative estimate of drug-likeness (QED) is 0.641. The minimum atomic E-state index is -0.871. The maximum atomic E-state index is 13.8. The van der Waals surface area contributed by atoms with E-state index in [2.05, 4.69) is 5.32 Å². The third-order valence-corrected chi connectivity index (χ3v) is 4.38. The van der Waals surface area contributed by atoms with E-state index >= 15 is 0 Å². The lowest BCUT2D eigenvalue weighted by Gasteiger charge is -2.35. The molecule has 0 unspecified atom stereocenters. The number of carbonyl (C=O) groups is 1. The van der Waals surface area contributed by atoms with Gasteiger partial charge in [0.05, 0.1) is 17.2 Å². The number of nitro benzene ring substituents is 1. The van der Waals surface area contributed by atoms with Crippen LogP contribution in [0.15, 0.2) is 42.5 Å². The number of halogens is 2. The summed E-state index contributed by atoms with van der Waals surface area (Å²) in [5, 5.41) is 13.7. The Labute approximate surface area is 154 Å². The molecule has 0 aliphatic carbocycles. The summed E-state index contributed by atoms with van der Waals surface area (Å²) in [7, 11) is 0. The largest absolute Gasteiger partial charge is 0.363 e.